The number of alkyl halides is 4. The van der Waals surface area contributed by atoms with Crippen LogP contribution in [0.3, 0.4) is 0 Å². The van der Waals surface area contributed by atoms with Gasteiger partial charge in [0, 0.05) is 0 Å². The first-order valence-electron chi connectivity index (χ1n) is 4.28. The lowest BCUT2D eigenvalue weighted by molar-refractivity contribution is -0.153. The summed E-state index contributed by atoms with van der Waals surface area (Å²) in [4.78, 5) is 19.5. The molecule has 0 aromatic carbocycles. The van der Waals surface area contributed by atoms with Gasteiger partial charge in [0.05, 0.1) is 0 Å². The maximum atomic E-state index is 11.5. The van der Waals surface area contributed by atoms with Gasteiger partial charge in [-0.2, -0.15) is 0 Å². The summed E-state index contributed by atoms with van der Waals surface area (Å²) in [5.74, 6) is -1.83. The predicted molar refractivity (Wildman–Crippen MR) is 56.6 cm³/mol. The van der Waals surface area contributed by atoms with Crippen LogP contribution in [0.1, 0.15) is 19.3 Å². The van der Waals surface area contributed by atoms with Crippen molar-refractivity contribution in [3.8, 4) is 0 Å². The van der Waals surface area contributed by atoms with Gasteiger partial charge in [0.25, 0.3) is 0 Å². The largest absolute Gasteiger partial charge is 0.390 e. The predicted octanol–water partition coefficient (Wildman–Crippen LogP) is 2.38. The summed E-state index contributed by atoms with van der Waals surface area (Å²) in [5, 5.41) is 0. The van der Waals surface area contributed by atoms with Crippen LogP contribution in [0.25, 0.3) is 0 Å². The molecule has 2 fully saturated rings. The van der Waals surface area contributed by atoms with Gasteiger partial charge in [-0.15, -0.1) is 23.2 Å². The second-order valence-corrected chi connectivity index (χ2v) is 6.39. The van der Waals surface area contributed by atoms with Crippen molar-refractivity contribution in [2.24, 2.45) is 0 Å². The number of esters is 2. The Bertz CT molecular complexity index is 356. The zero-order valence-corrected chi connectivity index (χ0v) is 10.4. The minimum absolute atomic E-state index is 0.226. The van der Waals surface area contributed by atoms with E-state index in [0.29, 0.717) is 6.42 Å². The number of rotatable bonds is 0. The third-order valence-electron chi connectivity index (χ3n) is 2.85. The average molecular weight is 292 g/mol. The fraction of sp³-hybridized carbons (Fsp3) is 0.750. The van der Waals surface area contributed by atoms with Gasteiger partial charge in [-0.1, -0.05) is 23.2 Å². The topological polar surface area (TPSA) is 43.4 Å². The molecule has 2 unspecified atom stereocenters. The lowest BCUT2D eigenvalue weighted by atomic mass is 9.78. The summed E-state index contributed by atoms with van der Waals surface area (Å²) in [6.45, 7) is 0. The van der Waals surface area contributed by atoms with Crippen molar-refractivity contribution < 1.29 is 14.3 Å². The van der Waals surface area contributed by atoms with Gasteiger partial charge in [0.15, 0.2) is 4.87 Å². The van der Waals surface area contributed by atoms with E-state index >= 15 is 0 Å². The molecule has 0 bridgehead atoms. The van der Waals surface area contributed by atoms with Crippen molar-refractivity contribution in [3.63, 3.8) is 0 Å². The van der Waals surface area contributed by atoms with E-state index < -0.39 is 26.0 Å². The summed E-state index contributed by atoms with van der Waals surface area (Å²) >= 11 is 24.0. The summed E-state index contributed by atoms with van der Waals surface area (Å²) in [7, 11) is 0. The summed E-state index contributed by atoms with van der Waals surface area (Å²) < 4.78 is 2.85. The Morgan fingerprint density at radius 1 is 1.00 bits per heavy atom. The normalized spacial score (nSPS) is 43.7. The van der Waals surface area contributed by atoms with Crippen molar-refractivity contribution in [2.45, 2.75) is 33.3 Å². The van der Waals surface area contributed by atoms with Crippen LogP contribution in [0.4, 0.5) is 0 Å². The SMILES string of the molecule is O=C1OC(=O)C2(Cl)C(Cl)(Cl)CCCC12Cl. The number of halogens is 4. The minimum atomic E-state index is -1.89. The van der Waals surface area contributed by atoms with Gasteiger partial charge in [-0.3, -0.25) is 0 Å². The summed E-state index contributed by atoms with van der Waals surface area (Å²) in [6.07, 6.45) is 1.02. The standard InChI is InChI=1S/C8H6Cl4O3/c9-6-2-1-3-7(10,11)8(6,12)5(14)15-4(6)13/h1-3H2. The molecule has 1 aliphatic heterocycles. The van der Waals surface area contributed by atoms with Crippen LogP contribution in [0.2, 0.25) is 0 Å². The van der Waals surface area contributed by atoms with Crippen molar-refractivity contribution >= 4 is 58.3 Å². The number of carbonyl (C=O) groups excluding carboxylic acids is 2. The Morgan fingerprint density at radius 2 is 1.60 bits per heavy atom. The third kappa shape index (κ3) is 1.21. The Kier molecular flexibility index (Phi) is 2.48. The Labute approximate surface area is 106 Å². The number of carbonyl (C=O) groups is 2. The molecule has 2 rings (SSSR count). The zero-order chi connectivity index (χ0) is 11.5. The molecule has 7 heteroatoms. The van der Waals surface area contributed by atoms with Crippen LogP contribution in [0.15, 0.2) is 0 Å². The lowest BCUT2D eigenvalue weighted by Crippen LogP contribution is -2.61. The molecule has 84 valence electrons. The molecule has 2 aliphatic rings. The number of hydrogen-bond acceptors (Lipinski definition) is 3. The van der Waals surface area contributed by atoms with Crippen molar-refractivity contribution in [2.75, 3.05) is 0 Å². The molecular formula is C8H6Cl4O3. The molecule has 1 saturated carbocycles. The van der Waals surface area contributed by atoms with Crippen LogP contribution in [0, 0.1) is 0 Å². The van der Waals surface area contributed by atoms with E-state index in [2.05, 4.69) is 4.74 Å². The highest BCUT2D eigenvalue weighted by molar-refractivity contribution is 6.62. The van der Waals surface area contributed by atoms with E-state index in [-0.39, 0.29) is 12.8 Å². The van der Waals surface area contributed by atoms with Crippen molar-refractivity contribution in [1.82, 2.24) is 0 Å². The fourth-order valence-corrected chi connectivity index (χ4v) is 3.53. The van der Waals surface area contributed by atoms with E-state index in [9.17, 15) is 9.59 Å². The first-order valence-corrected chi connectivity index (χ1v) is 5.79. The quantitative estimate of drug-likeness (QED) is 0.391. The molecule has 1 saturated heterocycles. The second kappa shape index (κ2) is 3.16. The molecule has 0 aromatic rings. The minimum Gasteiger partial charge on any atom is -0.390 e. The maximum Gasteiger partial charge on any atom is 0.340 e. The van der Waals surface area contributed by atoms with E-state index in [1.165, 1.54) is 0 Å². The van der Waals surface area contributed by atoms with Gasteiger partial charge in [-0.05, 0) is 19.3 Å². The van der Waals surface area contributed by atoms with Crippen molar-refractivity contribution in [1.29, 1.82) is 0 Å². The van der Waals surface area contributed by atoms with Gasteiger partial charge in [0.1, 0.15) is 4.33 Å². The average Bonchev–Trinajstić information content (AvgIpc) is 2.28. The molecule has 2 atom stereocenters. The number of fused-ring (bicyclic) bond motifs is 1. The van der Waals surface area contributed by atoms with E-state index in [0.717, 1.165) is 0 Å². The van der Waals surface area contributed by atoms with Crippen LogP contribution in [0.5, 0.6) is 0 Å². The Hall–Kier alpha value is 0.300. The molecule has 0 N–H and O–H groups in total. The fourth-order valence-electron chi connectivity index (χ4n) is 1.98. The van der Waals surface area contributed by atoms with Crippen LogP contribution >= 0.6 is 46.4 Å². The number of ether oxygens (including phenoxy) is 1. The van der Waals surface area contributed by atoms with Crippen LogP contribution in [-0.4, -0.2) is 26.0 Å². The van der Waals surface area contributed by atoms with Gasteiger partial charge < -0.3 is 4.74 Å². The van der Waals surface area contributed by atoms with Gasteiger partial charge >= 0.3 is 11.9 Å². The molecule has 15 heavy (non-hydrogen) atoms. The van der Waals surface area contributed by atoms with Crippen molar-refractivity contribution in [3.05, 3.63) is 0 Å². The second-order valence-electron chi connectivity index (χ2n) is 3.69. The maximum absolute atomic E-state index is 11.5. The molecule has 0 radical (unpaired) electrons. The highest BCUT2D eigenvalue weighted by Crippen LogP contribution is 2.60. The molecule has 1 aliphatic carbocycles. The van der Waals surface area contributed by atoms with Crippen LogP contribution in [-0.2, 0) is 14.3 Å². The van der Waals surface area contributed by atoms with Gasteiger partial charge in [0.2, 0.25) is 4.87 Å². The Morgan fingerprint density at radius 3 is 2.13 bits per heavy atom. The Balaban J connectivity index is 2.60. The molecular weight excluding hydrogens is 286 g/mol. The third-order valence-corrected chi connectivity index (χ3v) is 5.51. The zero-order valence-electron chi connectivity index (χ0n) is 7.36. The number of hydrogen-bond donors (Lipinski definition) is 0. The number of cyclic esters (lactones) is 2. The first kappa shape index (κ1) is 11.8. The summed E-state index contributed by atoms with van der Waals surface area (Å²) in [5.41, 5.74) is 0. The lowest BCUT2D eigenvalue weighted by Gasteiger charge is -2.43. The van der Waals surface area contributed by atoms with E-state index in [1.807, 2.05) is 0 Å². The highest BCUT2D eigenvalue weighted by atomic mass is 35.5. The monoisotopic (exact) mass is 290 g/mol. The summed E-state index contributed by atoms with van der Waals surface area (Å²) in [6, 6.07) is 0. The van der Waals surface area contributed by atoms with E-state index in [1.54, 1.807) is 0 Å². The van der Waals surface area contributed by atoms with E-state index in [4.69, 9.17) is 46.4 Å². The molecule has 3 nitrogen and oxygen atoms in total. The molecule has 1 heterocycles. The molecule has 0 amide bonds. The first-order chi connectivity index (χ1) is 6.76. The highest BCUT2D eigenvalue weighted by Gasteiger charge is 2.76. The smallest absolute Gasteiger partial charge is 0.340 e. The molecule has 0 spiro atoms. The molecule has 0 aromatic heterocycles. The van der Waals surface area contributed by atoms with Gasteiger partial charge in [-0.25, -0.2) is 9.59 Å². The van der Waals surface area contributed by atoms with Crippen LogP contribution < -0.4 is 0 Å².